The van der Waals surface area contributed by atoms with Crippen molar-refractivity contribution in [3.05, 3.63) is 58.3 Å². The minimum Gasteiger partial charge on any atom is -0.492 e. The highest BCUT2D eigenvalue weighted by molar-refractivity contribution is 9.10. The molecule has 2 aromatic rings. The predicted molar refractivity (Wildman–Crippen MR) is 108 cm³/mol. The first-order chi connectivity index (χ1) is 13.3. The van der Waals surface area contributed by atoms with Crippen molar-refractivity contribution < 1.29 is 22.3 Å². The van der Waals surface area contributed by atoms with Gasteiger partial charge in [-0.2, -0.15) is 4.31 Å². The Balaban J connectivity index is 2.04. The molecule has 0 saturated heterocycles. The molecular weight excluding hydrogens is 451 g/mol. The van der Waals surface area contributed by atoms with E-state index in [1.54, 1.807) is 26.0 Å². The van der Waals surface area contributed by atoms with Gasteiger partial charge in [-0.25, -0.2) is 12.8 Å². The predicted octanol–water partition coefficient (Wildman–Crippen LogP) is 3.43. The highest BCUT2D eigenvalue weighted by atomic mass is 79.9. The van der Waals surface area contributed by atoms with Gasteiger partial charge < -0.3 is 10.1 Å². The Kier molecular flexibility index (Phi) is 7.97. The molecule has 2 rings (SSSR count). The summed E-state index contributed by atoms with van der Waals surface area (Å²) in [7, 11) is -3.78. The fourth-order valence-corrected chi connectivity index (χ4v) is 4.40. The molecule has 0 unspecified atom stereocenters. The van der Waals surface area contributed by atoms with Crippen molar-refractivity contribution in [3.8, 4) is 5.75 Å². The topological polar surface area (TPSA) is 75.7 Å². The van der Waals surface area contributed by atoms with Crippen LogP contribution in [0.4, 0.5) is 4.39 Å². The Bertz CT molecular complexity index is 933. The van der Waals surface area contributed by atoms with E-state index in [4.69, 9.17) is 4.74 Å². The largest absolute Gasteiger partial charge is 0.492 e. The van der Waals surface area contributed by atoms with Crippen molar-refractivity contribution in [1.82, 2.24) is 9.62 Å². The first-order valence-corrected chi connectivity index (χ1v) is 11.0. The molecular formula is C19H22BrFN2O4S. The van der Waals surface area contributed by atoms with Gasteiger partial charge >= 0.3 is 0 Å². The third kappa shape index (κ3) is 5.52. The van der Waals surface area contributed by atoms with Crippen molar-refractivity contribution in [2.24, 2.45) is 0 Å². The Morgan fingerprint density at radius 3 is 2.54 bits per heavy atom. The maximum Gasteiger partial charge on any atom is 0.254 e. The molecule has 9 heteroatoms. The number of sulfonamides is 1. The second-order valence-corrected chi connectivity index (χ2v) is 8.65. The minimum absolute atomic E-state index is 0.117. The number of nitrogens with zero attached hydrogens (tertiary/aromatic N) is 1. The van der Waals surface area contributed by atoms with Crippen LogP contribution in [-0.2, 0) is 10.0 Å². The summed E-state index contributed by atoms with van der Waals surface area (Å²) in [4.78, 5) is 12.2. The minimum atomic E-state index is -3.78. The third-order valence-corrected chi connectivity index (χ3v) is 6.52. The quantitative estimate of drug-likeness (QED) is 0.567. The Morgan fingerprint density at radius 1 is 1.18 bits per heavy atom. The second-order valence-electron chi connectivity index (χ2n) is 5.79. The van der Waals surface area contributed by atoms with E-state index in [9.17, 15) is 17.6 Å². The van der Waals surface area contributed by atoms with Crippen molar-refractivity contribution in [2.45, 2.75) is 18.7 Å². The molecule has 1 amide bonds. The molecule has 2 aromatic carbocycles. The standard InChI is InChI=1S/C19H22BrFN2O4S/c1-3-23(4-2)28(25,26)16-8-9-18(21)17(13-16)19(24)22-10-11-27-15-7-5-6-14(20)12-15/h5-9,12-13H,3-4,10-11H2,1-2H3,(H,22,24). The summed E-state index contributed by atoms with van der Waals surface area (Å²) in [5.74, 6) is -0.863. The van der Waals surface area contributed by atoms with E-state index in [0.29, 0.717) is 5.75 Å². The van der Waals surface area contributed by atoms with Crippen LogP contribution in [0.1, 0.15) is 24.2 Å². The van der Waals surface area contributed by atoms with Gasteiger partial charge in [0, 0.05) is 17.6 Å². The number of carbonyl (C=O) groups excluding carboxylic acids is 1. The van der Waals surface area contributed by atoms with Gasteiger partial charge in [0.25, 0.3) is 5.91 Å². The summed E-state index contributed by atoms with van der Waals surface area (Å²) >= 11 is 3.33. The van der Waals surface area contributed by atoms with E-state index in [1.165, 1.54) is 4.31 Å². The van der Waals surface area contributed by atoms with Gasteiger partial charge in [-0.1, -0.05) is 35.8 Å². The number of benzene rings is 2. The molecule has 0 saturated carbocycles. The van der Waals surface area contributed by atoms with Crippen LogP contribution in [0.25, 0.3) is 0 Å². The number of carbonyl (C=O) groups is 1. The van der Waals surface area contributed by atoms with Gasteiger partial charge in [-0.05, 0) is 36.4 Å². The van der Waals surface area contributed by atoms with Crippen LogP contribution < -0.4 is 10.1 Å². The lowest BCUT2D eigenvalue weighted by molar-refractivity contribution is 0.0942. The van der Waals surface area contributed by atoms with E-state index >= 15 is 0 Å². The van der Waals surface area contributed by atoms with Crippen molar-refractivity contribution in [3.63, 3.8) is 0 Å². The maximum absolute atomic E-state index is 14.1. The summed E-state index contributed by atoms with van der Waals surface area (Å²) in [5.41, 5.74) is -0.323. The third-order valence-electron chi connectivity index (χ3n) is 3.98. The molecule has 0 heterocycles. The van der Waals surface area contributed by atoms with Crippen molar-refractivity contribution >= 4 is 31.9 Å². The monoisotopic (exact) mass is 472 g/mol. The normalized spacial score (nSPS) is 11.5. The number of amides is 1. The van der Waals surface area contributed by atoms with Gasteiger partial charge in [-0.15, -0.1) is 0 Å². The molecule has 0 spiro atoms. The van der Waals surface area contributed by atoms with Crippen LogP contribution in [-0.4, -0.2) is 44.9 Å². The summed E-state index contributed by atoms with van der Waals surface area (Å²) < 4.78 is 46.8. The lowest BCUT2D eigenvalue weighted by Crippen LogP contribution is -2.32. The Hall–Kier alpha value is -1.97. The fraction of sp³-hybridized carbons (Fsp3) is 0.316. The molecule has 0 radical (unpaired) electrons. The van der Waals surface area contributed by atoms with Crippen molar-refractivity contribution in [1.29, 1.82) is 0 Å². The average Bonchev–Trinajstić information content (AvgIpc) is 2.66. The molecule has 0 aromatic heterocycles. The first kappa shape index (κ1) is 22.3. The Morgan fingerprint density at radius 2 is 1.89 bits per heavy atom. The highest BCUT2D eigenvalue weighted by Crippen LogP contribution is 2.20. The number of hydrogen-bond acceptors (Lipinski definition) is 4. The van der Waals surface area contributed by atoms with E-state index in [0.717, 1.165) is 22.7 Å². The molecule has 152 valence electrons. The van der Waals surface area contributed by atoms with Crippen LogP contribution in [0, 0.1) is 5.82 Å². The fourth-order valence-electron chi connectivity index (χ4n) is 2.54. The molecule has 6 nitrogen and oxygen atoms in total. The number of ether oxygens (including phenoxy) is 1. The SMILES string of the molecule is CCN(CC)S(=O)(=O)c1ccc(F)c(C(=O)NCCOc2cccc(Br)c2)c1. The molecule has 0 atom stereocenters. The van der Waals surface area contributed by atoms with Crippen LogP contribution in [0.2, 0.25) is 0 Å². The summed E-state index contributed by atoms with van der Waals surface area (Å²) in [5, 5.41) is 2.54. The number of nitrogens with one attached hydrogen (secondary N) is 1. The molecule has 0 aliphatic heterocycles. The molecule has 0 aliphatic rings. The second kappa shape index (κ2) is 9.99. The molecule has 28 heavy (non-hydrogen) atoms. The maximum atomic E-state index is 14.1. The molecule has 1 N–H and O–H groups in total. The zero-order valence-electron chi connectivity index (χ0n) is 15.6. The zero-order chi connectivity index (χ0) is 20.7. The van der Waals surface area contributed by atoms with Gasteiger partial charge in [0.05, 0.1) is 17.0 Å². The van der Waals surface area contributed by atoms with Crippen LogP contribution in [0.15, 0.2) is 51.8 Å². The van der Waals surface area contributed by atoms with Crippen molar-refractivity contribution in [2.75, 3.05) is 26.2 Å². The van der Waals surface area contributed by atoms with E-state index < -0.39 is 21.7 Å². The zero-order valence-corrected chi connectivity index (χ0v) is 18.0. The van der Waals surface area contributed by atoms with Gasteiger partial charge in [0.15, 0.2) is 0 Å². The van der Waals surface area contributed by atoms with Gasteiger partial charge in [0.1, 0.15) is 18.2 Å². The van der Waals surface area contributed by atoms with E-state index in [-0.39, 0.29) is 36.7 Å². The van der Waals surface area contributed by atoms with E-state index in [1.807, 2.05) is 12.1 Å². The van der Waals surface area contributed by atoms with Crippen LogP contribution >= 0.6 is 15.9 Å². The smallest absolute Gasteiger partial charge is 0.254 e. The average molecular weight is 473 g/mol. The molecule has 0 aliphatic carbocycles. The number of rotatable bonds is 9. The van der Waals surface area contributed by atoms with Crippen LogP contribution in [0.3, 0.4) is 0 Å². The summed E-state index contributed by atoms with van der Waals surface area (Å²) in [6, 6.07) is 10.4. The number of hydrogen-bond donors (Lipinski definition) is 1. The lowest BCUT2D eigenvalue weighted by atomic mass is 10.2. The Labute approximate surface area is 172 Å². The van der Waals surface area contributed by atoms with E-state index in [2.05, 4.69) is 21.2 Å². The highest BCUT2D eigenvalue weighted by Gasteiger charge is 2.24. The summed E-state index contributed by atoms with van der Waals surface area (Å²) in [6.07, 6.45) is 0. The van der Waals surface area contributed by atoms with Gasteiger partial charge in [-0.3, -0.25) is 4.79 Å². The molecule has 0 fully saturated rings. The molecule has 0 bridgehead atoms. The van der Waals surface area contributed by atoms with Gasteiger partial charge in [0.2, 0.25) is 10.0 Å². The number of halogens is 2. The van der Waals surface area contributed by atoms with Crippen LogP contribution in [0.5, 0.6) is 5.75 Å². The lowest BCUT2D eigenvalue weighted by Gasteiger charge is -2.19. The summed E-state index contributed by atoms with van der Waals surface area (Å²) in [6.45, 7) is 4.31. The first-order valence-electron chi connectivity index (χ1n) is 8.75.